The third-order valence-electron chi connectivity index (χ3n) is 3.13. The number of anilines is 1. The molecule has 0 atom stereocenters. The average Bonchev–Trinajstić information content (AvgIpc) is 2.54. The molecule has 2 aromatic rings. The van der Waals surface area contributed by atoms with Crippen LogP contribution in [0.15, 0.2) is 53.0 Å². The highest BCUT2D eigenvalue weighted by molar-refractivity contribution is 9.10. The van der Waals surface area contributed by atoms with Gasteiger partial charge in [0, 0.05) is 35.4 Å². The number of hydrogen-bond donors (Lipinski definition) is 2. The van der Waals surface area contributed by atoms with Crippen molar-refractivity contribution >= 4 is 33.2 Å². The van der Waals surface area contributed by atoms with Crippen LogP contribution in [0.25, 0.3) is 0 Å². The van der Waals surface area contributed by atoms with Gasteiger partial charge in [0.1, 0.15) is 0 Å². The smallest absolute Gasteiger partial charge is 0.269 e. The normalized spacial score (nSPS) is 10.1. The molecule has 0 radical (unpaired) electrons. The van der Waals surface area contributed by atoms with Crippen molar-refractivity contribution < 1.29 is 9.72 Å². The van der Waals surface area contributed by atoms with Crippen LogP contribution in [0.3, 0.4) is 0 Å². The third kappa shape index (κ3) is 5.71. The minimum atomic E-state index is -0.438. The number of nitro benzene ring substituents is 1. The molecule has 0 aliphatic heterocycles. The monoisotopic (exact) mass is 377 g/mol. The van der Waals surface area contributed by atoms with Gasteiger partial charge in [0.15, 0.2) is 0 Å². The van der Waals surface area contributed by atoms with Crippen LogP contribution in [0.4, 0.5) is 11.4 Å². The van der Waals surface area contributed by atoms with Crippen LogP contribution in [-0.2, 0) is 11.2 Å². The Kier molecular flexibility index (Phi) is 6.10. The second-order valence-corrected chi connectivity index (χ2v) is 5.80. The standard InChI is InChI=1S/C16H16BrN3O3/c17-13-3-1-12(2-4-13)11-16(21)19-10-9-18-14-5-7-15(8-6-14)20(22)23/h1-8,18H,9-11H2,(H,19,21). The number of nitrogens with one attached hydrogen (secondary N) is 2. The molecule has 0 bridgehead atoms. The van der Waals surface area contributed by atoms with Gasteiger partial charge in [0.2, 0.25) is 5.91 Å². The van der Waals surface area contributed by atoms with Crippen LogP contribution in [-0.4, -0.2) is 23.9 Å². The lowest BCUT2D eigenvalue weighted by atomic mass is 10.1. The average molecular weight is 378 g/mol. The van der Waals surface area contributed by atoms with E-state index in [4.69, 9.17) is 0 Å². The molecule has 0 aliphatic carbocycles. The molecule has 0 spiro atoms. The summed E-state index contributed by atoms with van der Waals surface area (Å²) in [5.74, 6) is -0.0437. The molecule has 0 fully saturated rings. The zero-order chi connectivity index (χ0) is 16.7. The molecule has 120 valence electrons. The summed E-state index contributed by atoms with van der Waals surface area (Å²) in [7, 11) is 0. The van der Waals surface area contributed by atoms with Crippen molar-refractivity contribution in [2.24, 2.45) is 0 Å². The molecule has 1 amide bonds. The fourth-order valence-corrected chi connectivity index (χ4v) is 2.22. The van der Waals surface area contributed by atoms with Gasteiger partial charge >= 0.3 is 0 Å². The van der Waals surface area contributed by atoms with Crippen LogP contribution in [0.5, 0.6) is 0 Å². The van der Waals surface area contributed by atoms with E-state index < -0.39 is 4.92 Å². The van der Waals surface area contributed by atoms with Crippen LogP contribution in [0.1, 0.15) is 5.56 Å². The second kappa shape index (κ2) is 8.28. The summed E-state index contributed by atoms with van der Waals surface area (Å²) in [6.45, 7) is 1.02. The van der Waals surface area contributed by atoms with Gasteiger partial charge in [-0.05, 0) is 29.8 Å². The first-order valence-electron chi connectivity index (χ1n) is 7.04. The number of carbonyl (C=O) groups excluding carboxylic acids is 1. The van der Waals surface area contributed by atoms with E-state index in [0.29, 0.717) is 19.5 Å². The van der Waals surface area contributed by atoms with E-state index in [2.05, 4.69) is 26.6 Å². The van der Waals surface area contributed by atoms with Crippen molar-refractivity contribution in [2.75, 3.05) is 18.4 Å². The molecule has 0 aromatic heterocycles. The Morgan fingerprint density at radius 1 is 1.04 bits per heavy atom. The number of halogens is 1. The summed E-state index contributed by atoms with van der Waals surface area (Å²) in [6, 6.07) is 13.8. The van der Waals surface area contributed by atoms with Gasteiger partial charge < -0.3 is 10.6 Å². The van der Waals surface area contributed by atoms with Gasteiger partial charge in [0.25, 0.3) is 5.69 Å². The third-order valence-corrected chi connectivity index (χ3v) is 3.66. The van der Waals surface area contributed by atoms with Crippen LogP contribution >= 0.6 is 15.9 Å². The minimum Gasteiger partial charge on any atom is -0.383 e. The summed E-state index contributed by atoms with van der Waals surface area (Å²) >= 11 is 3.35. The van der Waals surface area contributed by atoms with E-state index in [9.17, 15) is 14.9 Å². The lowest BCUT2D eigenvalue weighted by Gasteiger charge is -2.08. The van der Waals surface area contributed by atoms with Crippen molar-refractivity contribution in [3.63, 3.8) is 0 Å². The zero-order valence-corrected chi connectivity index (χ0v) is 13.9. The molecule has 23 heavy (non-hydrogen) atoms. The van der Waals surface area contributed by atoms with E-state index in [0.717, 1.165) is 15.7 Å². The SMILES string of the molecule is O=C(Cc1ccc(Br)cc1)NCCNc1ccc([N+](=O)[O-])cc1. The van der Waals surface area contributed by atoms with Gasteiger partial charge in [-0.15, -0.1) is 0 Å². The maximum absolute atomic E-state index is 11.8. The Morgan fingerprint density at radius 3 is 2.30 bits per heavy atom. The Morgan fingerprint density at radius 2 is 1.70 bits per heavy atom. The Labute approximate surface area is 142 Å². The molecule has 2 N–H and O–H groups in total. The fraction of sp³-hybridized carbons (Fsp3) is 0.188. The summed E-state index contributed by atoms with van der Waals surface area (Å²) in [6.07, 6.45) is 0.338. The topological polar surface area (TPSA) is 84.3 Å². The van der Waals surface area contributed by atoms with Gasteiger partial charge in [0.05, 0.1) is 11.3 Å². The molecule has 0 saturated carbocycles. The highest BCUT2D eigenvalue weighted by Gasteiger charge is 2.04. The highest BCUT2D eigenvalue weighted by atomic mass is 79.9. The maximum atomic E-state index is 11.8. The van der Waals surface area contributed by atoms with Crippen LogP contribution in [0.2, 0.25) is 0 Å². The number of nitrogens with zero attached hydrogens (tertiary/aromatic N) is 1. The lowest BCUT2D eigenvalue weighted by Crippen LogP contribution is -2.29. The number of non-ortho nitro benzene ring substituents is 1. The number of hydrogen-bond acceptors (Lipinski definition) is 4. The zero-order valence-electron chi connectivity index (χ0n) is 12.3. The molecule has 2 rings (SSSR count). The predicted octanol–water partition coefficient (Wildman–Crippen LogP) is 3.13. The number of benzene rings is 2. The number of nitro groups is 1. The lowest BCUT2D eigenvalue weighted by molar-refractivity contribution is -0.384. The van der Waals surface area contributed by atoms with Gasteiger partial charge in [-0.1, -0.05) is 28.1 Å². The summed E-state index contributed by atoms with van der Waals surface area (Å²) < 4.78 is 0.981. The van der Waals surface area contributed by atoms with Gasteiger partial charge in [-0.2, -0.15) is 0 Å². The molecule has 0 unspecified atom stereocenters. The quantitative estimate of drug-likeness (QED) is 0.441. The molecule has 0 heterocycles. The van der Waals surface area contributed by atoms with E-state index in [1.165, 1.54) is 12.1 Å². The van der Waals surface area contributed by atoms with E-state index in [1.807, 2.05) is 24.3 Å². The molecular formula is C16H16BrN3O3. The molecule has 0 saturated heterocycles. The van der Waals surface area contributed by atoms with Crippen molar-refractivity contribution in [3.05, 3.63) is 68.7 Å². The molecule has 2 aromatic carbocycles. The fourth-order valence-electron chi connectivity index (χ4n) is 1.96. The van der Waals surface area contributed by atoms with Gasteiger partial charge in [-0.3, -0.25) is 14.9 Å². The number of rotatable bonds is 7. The number of carbonyl (C=O) groups is 1. The summed E-state index contributed by atoms with van der Waals surface area (Å²) in [4.78, 5) is 21.9. The highest BCUT2D eigenvalue weighted by Crippen LogP contribution is 2.15. The second-order valence-electron chi connectivity index (χ2n) is 4.88. The first-order valence-corrected chi connectivity index (χ1v) is 7.83. The first kappa shape index (κ1) is 17.0. The largest absolute Gasteiger partial charge is 0.383 e. The number of amides is 1. The summed E-state index contributed by atoms with van der Waals surface area (Å²) in [5, 5.41) is 16.5. The predicted molar refractivity (Wildman–Crippen MR) is 92.4 cm³/mol. The first-order chi connectivity index (χ1) is 11.0. The van der Waals surface area contributed by atoms with Crippen molar-refractivity contribution in [3.8, 4) is 0 Å². The summed E-state index contributed by atoms with van der Waals surface area (Å²) in [5.41, 5.74) is 1.78. The van der Waals surface area contributed by atoms with E-state index >= 15 is 0 Å². The maximum Gasteiger partial charge on any atom is 0.269 e. The Hall–Kier alpha value is -2.41. The van der Waals surface area contributed by atoms with Crippen molar-refractivity contribution in [1.82, 2.24) is 5.32 Å². The Bertz CT molecular complexity index is 672. The van der Waals surface area contributed by atoms with Crippen LogP contribution in [0, 0.1) is 10.1 Å². The Balaban J connectivity index is 1.69. The van der Waals surface area contributed by atoms with Crippen molar-refractivity contribution in [1.29, 1.82) is 0 Å². The molecular weight excluding hydrogens is 362 g/mol. The molecule has 7 heteroatoms. The molecule has 6 nitrogen and oxygen atoms in total. The molecule has 0 aliphatic rings. The van der Waals surface area contributed by atoms with E-state index in [1.54, 1.807) is 12.1 Å². The van der Waals surface area contributed by atoms with Crippen LogP contribution < -0.4 is 10.6 Å². The van der Waals surface area contributed by atoms with Gasteiger partial charge in [-0.25, -0.2) is 0 Å². The minimum absolute atomic E-state index is 0.0437. The van der Waals surface area contributed by atoms with Crippen molar-refractivity contribution in [2.45, 2.75) is 6.42 Å². The van der Waals surface area contributed by atoms with E-state index in [-0.39, 0.29) is 11.6 Å².